The Bertz CT molecular complexity index is 823. The smallest absolute Gasteiger partial charge is 0.338 e. The van der Waals surface area contributed by atoms with E-state index in [2.05, 4.69) is 4.98 Å². The minimum Gasteiger partial charge on any atom is -0.493 e. The maximum absolute atomic E-state index is 12.2. The molecule has 0 bridgehead atoms. The Balaban J connectivity index is 1.96. The number of nitriles is 1. The van der Waals surface area contributed by atoms with Crippen LogP contribution in [0.25, 0.3) is 0 Å². The van der Waals surface area contributed by atoms with Gasteiger partial charge in [-0.05, 0) is 31.0 Å². The van der Waals surface area contributed by atoms with E-state index in [9.17, 15) is 14.9 Å². The van der Waals surface area contributed by atoms with Crippen LogP contribution in [0.15, 0.2) is 29.6 Å². The summed E-state index contributed by atoms with van der Waals surface area (Å²) < 4.78 is 10.6. The molecule has 0 aliphatic carbocycles. The lowest BCUT2D eigenvalue weighted by Crippen LogP contribution is -2.20. The van der Waals surface area contributed by atoms with Crippen LogP contribution in [0, 0.1) is 24.2 Å². The minimum absolute atomic E-state index is 0.289. The van der Waals surface area contributed by atoms with Gasteiger partial charge in [0.15, 0.2) is 18.3 Å². The minimum atomic E-state index is -1.03. The van der Waals surface area contributed by atoms with E-state index in [1.54, 1.807) is 36.6 Å². The van der Waals surface area contributed by atoms with Crippen LogP contribution < -0.4 is 4.74 Å². The molecule has 1 atom stereocenters. The Labute approximate surface area is 156 Å². The number of hydrogen-bond acceptors (Lipinski definition) is 7. The molecule has 1 heterocycles. The van der Waals surface area contributed by atoms with Crippen molar-refractivity contribution in [2.75, 3.05) is 13.2 Å². The highest BCUT2D eigenvalue weighted by Gasteiger charge is 2.24. The number of carbonyl (C=O) groups is 2. The molecule has 0 fully saturated rings. The van der Waals surface area contributed by atoms with Crippen molar-refractivity contribution >= 4 is 23.1 Å². The van der Waals surface area contributed by atoms with Crippen molar-refractivity contribution in [1.82, 2.24) is 4.98 Å². The Kier molecular flexibility index (Phi) is 6.87. The number of rotatable bonds is 8. The molecule has 26 heavy (non-hydrogen) atoms. The van der Waals surface area contributed by atoms with Gasteiger partial charge in [-0.15, -0.1) is 11.3 Å². The van der Waals surface area contributed by atoms with Crippen LogP contribution in [0.4, 0.5) is 0 Å². The van der Waals surface area contributed by atoms with Crippen LogP contribution in [0.1, 0.15) is 40.8 Å². The molecule has 136 valence electrons. The molecular formula is C19H20N2O4S. The van der Waals surface area contributed by atoms with Gasteiger partial charge in [0.1, 0.15) is 10.8 Å². The summed E-state index contributed by atoms with van der Waals surface area (Å²) in [6, 6.07) is 8.51. The summed E-state index contributed by atoms with van der Waals surface area (Å²) in [6.45, 7) is 5.90. The Morgan fingerprint density at radius 3 is 2.73 bits per heavy atom. The van der Waals surface area contributed by atoms with Crippen LogP contribution in [0.5, 0.6) is 5.75 Å². The number of benzene rings is 1. The van der Waals surface area contributed by atoms with Crippen molar-refractivity contribution < 1.29 is 19.1 Å². The van der Waals surface area contributed by atoms with Crippen molar-refractivity contribution in [2.24, 2.45) is 5.92 Å². The Morgan fingerprint density at radius 1 is 1.35 bits per heavy atom. The van der Waals surface area contributed by atoms with Gasteiger partial charge in [-0.1, -0.05) is 19.9 Å². The van der Waals surface area contributed by atoms with E-state index < -0.39 is 24.3 Å². The maximum atomic E-state index is 12.2. The van der Waals surface area contributed by atoms with E-state index in [1.165, 1.54) is 11.3 Å². The number of ether oxygens (including phenoxy) is 2. The molecule has 1 aromatic carbocycles. The first-order chi connectivity index (χ1) is 12.4. The van der Waals surface area contributed by atoms with E-state index in [4.69, 9.17) is 9.47 Å². The summed E-state index contributed by atoms with van der Waals surface area (Å²) >= 11 is 1.24. The number of aryl methyl sites for hydroxylation is 1. The summed E-state index contributed by atoms with van der Waals surface area (Å²) in [5, 5.41) is 11.4. The van der Waals surface area contributed by atoms with E-state index in [-0.39, 0.29) is 5.56 Å². The van der Waals surface area contributed by atoms with Gasteiger partial charge in [0.25, 0.3) is 0 Å². The van der Waals surface area contributed by atoms with Gasteiger partial charge in [-0.25, -0.2) is 9.78 Å². The molecule has 2 aromatic rings. The van der Waals surface area contributed by atoms with Gasteiger partial charge in [-0.2, -0.15) is 5.26 Å². The third-order valence-electron chi connectivity index (χ3n) is 3.33. The number of Topliss-reactive ketones (excluding diaryl/α,β-unsaturated/α-hetero) is 1. The number of esters is 1. The lowest BCUT2D eigenvalue weighted by atomic mass is 10.1. The first-order valence-corrected chi connectivity index (χ1v) is 9.03. The molecule has 0 aliphatic rings. The Hall–Kier alpha value is -2.72. The predicted molar refractivity (Wildman–Crippen MR) is 97.3 cm³/mol. The van der Waals surface area contributed by atoms with Crippen molar-refractivity contribution in [2.45, 2.75) is 26.7 Å². The standard InChI is InChI=1S/C19H20N2O4S/c1-12(2)9-24-15-6-4-5-14(7-15)19(23)25-10-17(22)16(8-20)18-21-13(3)11-26-18/h4-7,11-12,16H,9-10H2,1-3H3/t16-/m1/s1. The zero-order valence-corrected chi connectivity index (χ0v) is 15.7. The van der Waals surface area contributed by atoms with Crippen LogP contribution >= 0.6 is 11.3 Å². The zero-order valence-electron chi connectivity index (χ0n) is 14.9. The highest BCUT2D eigenvalue weighted by atomic mass is 32.1. The largest absolute Gasteiger partial charge is 0.493 e. The molecule has 0 N–H and O–H groups in total. The topological polar surface area (TPSA) is 89.3 Å². The highest BCUT2D eigenvalue weighted by molar-refractivity contribution is 7.09. The van der Waals surface area contributed by atoms with Gasteiger partial charge in [-0.3, -0.25) is 4.79 Å². The fourth-order valence-electron chi connectivity index (χ4n) is 2.05. The maximum Gasteiger partial charge on any atom is 0.338 e. The van der Waals surface area contributed by atoms with Crippen LogP contribution in [0.2, 0.25) is 0 Å². The molecule has 0 saturated heterocycles. The molecule has 6 nitrogen and oxygen atoms in total. The van der Waals surface area contributed by atoms with Gasteiger partial charge in [0.2, 0.25) is 0 Å². The first kappa shape index (κ1) is 19.6. The summed E-state index contributed by atoms with van der Waals surface area (Å²) in [4.78, 5) is 28.5. The molecule has 1 aromatic heterocycles. The normalized spacial score (nSPS) is 11.7. The molecule has 2 rings (SSSR count). The second kappa shape index (κ2) is 9.11. The second-order valence-electron chi connectivity index (χ2n) is 6.16. The molecule has 0 amide bonds. The number of hydrogen-bond donors (Lipinski definition) is 0. The molecule has 0 saturated carbocycles. The average Bonchev–Trinajstić information content (AvgIpc) is 3.04. The quantitative estimate of drug-likeness (QED) is 0.659. The molecule has 0 aliphatic heterocycles. The number of aromatic nitrogens is 1. The fraction of sp³-hybridized carbons (Fsp3) is 0.368. The van der Waals surface area contributed by atoms with Crippen LogP contribution in [-0.2, 0) is 9.53 Å². The summed E-state index contributed by atoms with van der Waals surface area (Å²) in [5.41, 5.74) is 1.03. The SMILES string of the molecule is Cc1csc([C@H](C#N)C(=O)COC(=O)c2cccc(OCC(C)C)c2)n1. The van der Waals surface area contributed by atoms with E-state index >= 15 is 0 Å². The van der Waals surface area contributed by atoms with Crippen molar-refractivity contribution in [3.05, 3.63) is 45.9 Å². The summed E-state index contributed by atoms with van der Waals surface area (Å²) in [6.07, 6.45) is 0. The Morgan fingerprint density at radius 2 is 2.12 bits per heavy atom. The fourth-order valence-corrected chi connectivity index (χ4v) is 2.91. The van der Waals surface area contributed by atoms with Gasteiger partial charge in [0, 0.05) is 11.1 Å². The molecular weight excluding hydrogens is 352 g/mol. The lowest BCUT2D eigenvalue weighted by Gasteiger charge is -2.10. The molecule has 7 heteroatoms. The first-order valence-electron chi connectivity index (χ1n) is 8.15. The number of nitrogens with zero attached hydrogens (tertiary/aromatic N) is 2. The van der Waals surface area contributed by atoms with Gasteiger partial charge in [0.05, 0.1) is 18.2 Å². The van der Waals surface area contributed by atoms with Gasteiger partial charge >= 0.3 is 5.97 Å². The number of thiazole rings is 1. The highest BCUT2D eigenvalue weighted by Crippen LogP contribution is 2.21. The summed E-state index contributed by atoms with van der Waals surface area (Å²) in [5.74, 6) is -1.24. The third-order valence-corrected chi connectivity index (χ3v) is 4.36. The molecule has 0 radical (unpaired) electrons. The third kappa shape index (κ3) is 5.39. The van der Waals surface area contributed by atoms with Crippen molar-refractivity contribution in [3.63, 3.8) is 0 Å². The van der Waals surface area contributed by atoms with Crippen LogP contribution in [0.3, 0.4) is 0 Å². The lowest BCUT2D eigenvalue weighted by molar-refractivity contribution is -0.122. The van der Waals surface area contributed by atoms with E-state index in [0.29, 0.717) is 23.3 Å². The predicted octanol–water partition coefficient (Wildman–Crippen LogP) is 3.52. The number of ketones is 1. The van der Waals surface area contributed by atoms with Crippen molar-refractivity contribution in [1.29, 1.82) is 5.26 Å². The van der Waals surface area contributed by atoms with E-state index in [0.717, 1.165) is 5.69 Å². The van der Waals surface area contributed by atoms with Gasteiger partial charge < -0.3 is 9.47 Å². The monoisotopic (exact) mass is 372 g/mol. The zero-order chi connectivity index (χ0) is 19.1. The summed E-state index contributed by atoms with van der Waals surface area (Å²) in [7, 11) is 0. The number of carbonyl (C=O) groups excluding carboxylic acids is 2. The molecule has 0 spiro atoms. The van der Waals surface area contributed by atoms with Crippen molar-refractivity contribution in [3.8, 4) is 11.8 Å². The van der Waals surface area contributed by atoms with Crippen LogP contribution in [-0.4, -0.2) is 30.0 Å². The van der Waals surface area contributed by atoms with E-state index in [1.807, 2.05) is 19.9 Å². The average molecular weight is 372 g/mol. The second-order valence-corrected chi connectivity index (χ2v) is 7.05. The molecule has 0 unspecified atom stereocenters.